The summed E-state index contributed by atoms with van der Waals surface area (Å²) in [6.07, 6.45) is -0.418. The van der Waals surface area contributed by atoms with Crippen molar-refractivity contribution in [3.8, 4) is 11.5 Å². The fourth-order valence-electron chi connectivity index (χ4n) is 2.35. The van der Waals surface area contributed by atoms with Crippen LogP contribution in [0.5, 0.6) is 11.5 Å². The fourth-order valence-corrected chi connectivity index (χ4v) is 2.48. The van der Waals surface area contributed by atoms with Gasteiger partial charge in [-0.05, 0) is 62.7 Å². The lowest BCUT2D eigenvalue weighted by Gasteiger charge is -2.22. The minimum Gasteiger partial charge on any atom is -0.467 e. The zero-order chi connectivity index (χ0) is 20.7. The lowest BCUT2D eigenvalue weighted by molar-refractivity contribution is -0.143. The summed E-state index contributed by atoms with van der Waals surface area (Å²) in [4.78, 5) is 24.0. The molecule has 0 aromatic heterocycles. The van der Waals surface area contributed by atoms with Gasteiger partial charge in [-0.3, -0.25) is 0 Å². The zero-order valence-electron chi connectivity index (χ0n) is 16.3. The third-order valence-electron chi connectivity index (χ3n) is 3.59. The number of amides is 1. The molecular weight excluding hydrogens is 382 g/mol. The van der Waals surface area contributed by atoms with E-state index in [1.165, 1.54) is 7.11 Å². The molecule has 1 amide bonds. The molecule has 0 radical (unpaired) electrons. The van der Waals surface area contributed by atoms with Crippen LogP contribution in [-0.4, -0.2) is 30.8 Å². The smallest absolute Gasteiger partial charge is 0.408 e. The Morgan fingerprint density at radius 3 is 2.04 bits per heavy atom. The highest BCUT2D eigenvalue weighted by Gasteiger charge is 2.25. The molecule has 0 bridgehead atoms. The molecule has 28 heavy (non-hydrogen) atoms. The molecule has 150 valence electrons. The Labute approximate surface area is 169 Å². The van der Waals surface area contributed by atoms with E-state index in [1.807, 2.05) is 12.1 Å². The van der Waals surface area contributed by atoms with E-state index in [1.54, 1.807) is 57.2 Å². The van der Waals surface area contributed by atoms with Gasteiger partial charge in [0.1, 0.15) is 23.1 Å². The Balaban J connectivity index is 2.02. The van der Waals surface area contributed by atoms with Crippen LogP contribution >= 0.6 is 11.6 Å². The van der Waals surface area contributed by atoms with Crippen molar-refractivity contribution < 1.29 is 23.8 Å². The largest absolute Gasteiger partial charge is 0.467 e. The first-order valence-electron chi connectivity index (χ1n) is 8.76. The molecule has 2 aromatic carbocycles. The number of carbonyl (C=O) groups excluding carboxylic acids is 2. The van der Waals surface area contributed by atoms with Gasteiger partial charge in [-0.15, -0.1) is 0 Å². The van der Waals surface area contributed by atoms with Gasteiger partial charge in [0.05, 0.1) is 7.11 Å². The number of rotatable bonds is 6. The van der Waals surface area contributed by atoms with Crippen LogP contribution in [0.4, 0.5) is 4.79 Å². The Hall–Kier alpha value is -2.73. The highest BCUT2D eigenvalue weighted by atomic mass is 35.5. The number of methoxy groups -OCH3 is 1. The summed E-state index contributed by atoms with van der Waals surface area (Å²) < 4.78 is 15.7. The molecule has 0 saturated heterocycles. The van der Waals surface area contributed by atoms with E-state index in [-0.39, 0.29) is 6.42 Å². The molecule has 1 N–H and O–H groups in total. The highest BCUT2D eigenvalue weighted by molar-refractivity contribution is 6.30. The van der Waals surface area contributed by atoms with Gasteiger partial charge in [-0.1, -0.05) is 23.7 Å². The van der Waals surface area contributed by atoms with E-state index in [9.17, 15) is 9.59 Å². The standard InChI is InChI=1S/C21H24ClNO5/c1-21(2,3)28-20(25)23-18(19(24)26-4)13-14-5-9-16(10-6-14)27-17-11-7-15(22)8-12-17/h5-12,18H,13H2,1-4H3,(H,23,25). The van der Waals surface area contributed by atoms with Crippen molar-refractivity contribution in [2.45, 2.75) is 38.8 Å². The maximum Gasteiger partial charge on any atom is 0.408 e. The second kappa shape index (κ2) is 9.46. The van der Waals surface area contributed by atoms with E-state index in [4.69, 9.17) is 25.8 Å². The van der Waals surface area contributed by atoms with Crippen LogP contribution < -0.4 is 10.1 Å². The minimum atomic E-state index is -0.858. The topological polar surface area (TPSA) is 73.9 Å². The Morgan fingerprint density at radius 1 is 1.00 bits per heavy atom. The van der Waals surface area contributed by atoms with Crippen molar-refractivity contribution >= 4 is 23.7 Å². The number of hydrogen-bond donors (Lipinski definition) is 1. The summed E-state index contributed by atoms with van der Waals surface area (Å²) in [5.41, 5.74) is 0.167. The van der Waals surface area contributed by atoms with Crippen LogP contribution in [0.1, 0.15) is 26.3 Å². The molecule has 2 rings (SSSR count). The van der Waals surface area contributed by atoms with Crippen LogP contribution in [0.2, 0.25) is 5.02 Å². The van der Waals surface area contributed by atoms with Gasteiger partial charge in [0.2, 0.25) is 0 Å². The van der Waals surface area contributed by atoms with Crippen molar-refractivity contribution in [1.29, 1.82) is 0 Å². The number of nitrogens with one attached hydrogen (secondary N) is 1. The van der Waals surface area contributed by atoms with Crippen molar-refractivity contribution in [3.63, 3.8) is 0 Å². The van der Waals surface area contributed by atoms with Crippen LogP contribution in [0, 0.1) is 0 Å². The first-order valence-corrected chi connectivity index (χ1v) is 9.14. The Morgan fingerprint density at radius 2 is 1.54 bits per heavy atom. The van der Waals surface area contributed by atoms with Gasteiger partial charge in [-0.2, -0.15) is 0 Å². The van der Waals surface area contributed by atoms with Gasteiger partial charge in [0, 0.05) is 11.4 Å². The summed E-state index contributed by atoms with van der Waals surface area (Å²) >= 11 is 5.86. The van der Waals surface area contributed by atoms with E-state index in [2.05, 4.69) is 5.32 Å². The molecule has 1 atom stereocenters. The van der Waals surface area contributed by atoms with Gasteiger partial charge < -0.3 is 19.5 Å². The van der Waals surface area contributed by atoms with Gasteiger partial charge in [0.15, 0.2) is 0 Å². The maximum absolute atomic E-state index is 12.0. The maximum atomic E-state index is 12.0. The average molecular weight is 406 g/mol. The fraction of sp³-hybridized carbons (Fsp3) is 0.333. The van der Waals surface area contributed by atoms with Crippen molar-refractivity contribution in [2.24, 2.45) is 0 Å². The predicted molar refractivity (Wildman–Crippen MR) is 107 cm³/mol. The van der Waals surface area contributed by atoms with Gasteiger partial charge in [0.25, 0.3) is 0 Å². The second-order valence-electron chi connectivity index (χ2n) is 7.13. The summed E-state index contributed by atoms with van der Waals surface area (Å²) in [6.45, 7) is 5.25. The molecule has 0 heterocycles. The third kappa shape index (κ3) is 7.12. The monoisotopic (exact) mass is 405 g/mol. The molecule has 0 fully saturated rings. The molecule has 6 nitrogen and oxygen atoms in total. The van der Waals surface area contributed by atoms with Crippen molar-refractivity contribution in [2.75, 3.05) is 7.11 Å². The Bertz CT molecular complexity index is 797. The summed E-state index contributed by atoms with van der Waals surface area (Å²) in [7, 11) is 1.27. The van der Waals surface area contributed by atoms with Crippen molar-refractivity contribution in [3.05, 3.63) is 59.1 Å². The van der Waals surface area contributed by atoms with Crippen molar-refractivity contribution in [1.82, 2.24) is 5.32 Å². The molecule has 7 heteroatoms. The van der Waals surface area contributed by atoms with E-state index < -0.39 is 23.7 Å². The van der Waals surface area contributed by atoms with E-state index in [0.717, 1.165) is 5.56 Å². The molecule has 0 aliphatic carbocycles. The van der Waals surface area contributed by atoms with Crippen LogP contribution in [0.25, 0.3) is 0 Å². The lowest BCUT2D eigenvalue weighted by Crippen LogP contribution is -2.45. The quantitative estimate of drug-likeness (QED) is 0.702. The normalized spacial score (nSPS) is 12.0. The summed E-state index contributed by atoms with van der Waals surface area (Å²) in [5, 5.41) is 3.19. The number of alkyl carbamates (subject to hydrolysis) is 1. The first kappa shape index (κ1) is 21.6. The number of hydrogen-bond acceptors (Lipinski definition) is 5. The molecule has 0 aliphatic rings. The SMILES string of the molecule is COC(=O)C(Cc1ccc(Oc2ccc(Cl)cc2)cc1)NC(=O)OC(C)(C)C. The van der Waals surface area contributed by atoms with Gasteiger partial charge in [-0.25, -0.2) is 9.59 Å². The molecule has 1 unspecified atom stereocenters. The molecule has 0 saturated carbocycles. The molecule has 0 aliphatic heterocycles. The molecular formula is C21H24ClNO5. The number of carbonyl (C=O) groups is 2. The van der Waals surface area contributed by atoms with Crippen LogP contribution in [-0.2, 0) is 20.7 Å². The highest BCUT2D eigenvalue weighted by Crippen LogP contribution is 2.23. The zero-order valence-corrected chi connectivity index (χ0v) is 17.1. The Kier molecular flexibility index (Phi) is 7.29. The predicted octanol–water partition coefficient (Wildman–Crippen LogP) is 4.74. The second-order valence-corrected chi connectivity index (χ2v) is 7.56. The van der Waals surface area contributed by atoms with E-state index >= 15 is 0 Å². The minimum absolute atomic E-state index is 0.257. The molecule has 0 spiro atoms. The number of benzene rings is 2. The summed E-state index contributed by atoms with van der Waals surface area (Å²) in [6, 6.07) is 13.4. The van der Waals surface area contributed by atoms with Crippen LogP contribution in [0.15, 0.2) is 48.5 Å². The number of halogens is 1. The first-order chi connectivity index (χ1) is 13.2. The summed E-state index contributed by atoms with van der Waals surface area (Å²) in [5.74, 6) is 0.754. The van der Waals surface area contributed by atoms with Crippen LogP contribution in [0.3, 0.4) is 0 Å². The third-order valence-corrected chi connectivity index (χ3v) is 3.84. The number of ether oxygens (including phenoxy) is 3. The number of esters is 1. The van der Waals surface area contributed by atoms with E-state index in [0.29, 0.717) is 16.5 Å². The average Bonchev–Trinajstić information content (AvgIpc) is 2.62. The van der Waals surface area contributed by atoms with Gasteiger partial charge >= 0.3 is 12.1 Å². The lowest BCUT2D eigenvalue weighted by atomic mass is 10.1. The molecule has 2 aromatic rings.